The van der Waals surface area contributed by atoms with Gasteiger partial charge in [-0.05, 0) is 111 Å². The van der Waals surface area contributed by atoms with E-state index in [9.17, 15) is 0 Å². The van der Waals surface area contributed by atoms with Crippen molar-refractivity contribution in [1.29, 1.82) is 0 Å². The molecular formula is C28H42O. The van der Waals surface area contributed by atoms with Crippen molar-refractivity contribution < 1.29 is 4.74 Å². The molecule has 0 spiro atoms. The van der Waals surface area contributed by atoms with Gasteiger partial charge in [0.25, 0.3) is 0 Å². The predicted octanol–water partition coefficient (Wildman–Crippen LogP) is 7.77. The summed E-state index contributed by atoms with van der Waals surface area (Å²) in [5.74, 6) is 6.13. The van der Waals surface area contributed by atoms with E-state index < -0.39 is 0 Å². The molecule has 1 nitrogen and oxygen atoms in total. The molecule has 0 bridgehead atoms. The van der Waals surface area contributed by atoms with Crippen LogP contribution in [0.4, 0.5) is 0 Å². The smallest absolute Gasteiger partial charge is 0.120 e. The van der Waals surface area contributed by atoms with Crippen molar-refractivity contribution in [3.8, 4) is 5.75 Å². The zero-order valence-corrected chi connectivity index (χ0v) is 18.9. The third-order valence-corrected chi connectivity index (χ3v) is 8.42. The van der Waals surface area contributed by atoms with Crippen molar-refractivity contribution in [3.05, 3.63) is 41.5 Å². The molecule has 1 aromatic rings. The van der Waals surface area contributed by atoms with Crippen LogP contribution in [-0.2, 0) is 12.8 Å². The molecule has 1 heteroatoms. The van der Waals surface area contributed by atoms with Crippen LogP contribution in [0.25, 0.3) is 0 Å². The van der Waals surface area contributed by atoms with E-state index in [0.717, 1.165) is 35.3 Å². The van der Waals surface area contributed by atoms with E-state index >= 15 is 0 Å². The number of allylic oxidation sites excluding steroid dienone is 1. The van der Waals surface area contributed by atoms with Crippen LogP contribution in [0, 0.1) is 29.6 Å². The number of unbranched alkanes of at least 4 members (excludes halogenated alkanes) is 1. The van der Waals surface area contributed by atoms with E-state index in [1.165, 1.54) is 70.6 Å². The second kappa shape index (κ2) is 10.2. The Labute approximate surface area is 179 Å². The van der Waals surface area contributed by atoms with Gasteiger partial charge in [-0.15, -0.1) is 0 Å². The fourth-order valence-electron chi connectivity index (χ4n) is 6.70. The first kappa shape index (κ1) is 21.0. The monoisotopic (exact) mass is 394 g/mol. The SMILES string of the molecule is C/C=C/COc1ccc2c(c1)CCC(C1CCC3CC(CCCC)CCC3C1)C2. The zero-order chi connectivity index (χ0) is 20.1. The van der Waals surface area contributed by atoms with Crippen LogP contribution in [0.1, 0.15) is 89.2 Å². The molecule has 0 amide bonds. The van der Waals surface area contributed by atoms with Gasteiger partial charge in [-0.25, -0.2) is 0 Å². The summed E-state index contributed by atoms with van der Waals surface area (Å²) in [6.45, 7) is 5.07. The van der Waals surface area contributed by atoms with Crippen LogP contribution < -0.4 is 4.74 Å². The summed E-state index contributed by atoms with van der Waals surface area (Å²) in [7, 11) is 0. The molecule has 5 unspecified atom stereocenters. The topological polar surface area (TPSA) is 9.23 Å². The molecule has 29 heavy (non-hydrogen) atoms. The number of hydrogen-bond donors (Lipinski definition) is 0. The molecule has 0 N–H and O–H groups in total. The standard InChI is InChI=1S/C28H42O/c1-3-5-7-21-8-9-23-18-24(11-10-22(23)17-21)25-12-13-27-20-28(29-16-6-4-2)15-14-26(27)19-25/h4,6,14-15,20-25H,3,5,7-13,16-19H2,1-2H3/b6-4+. The Morgan fingerprint density at radius 2 is 1.72 bits per heavy atom. The van der Waals surface area contributed by atoms with E-state index in [0.29, 0.717) is 6.61 Å². The van der Waals surface area contributed by atoms with Crippen LogP contribution in [0.15, 0.2) is 30.4 Å². The summed E-state index contributed by atoms with van der Waals surface area (Å²) in [6.07, 6.45) is 21.6. The quantitative estimate of drug-likeness (QED) is 0.429. The van der Waals surface area contributed by atoms with E-state index in [4.69, 9.17) is 4.74 Å². The Kier molecular flexibility index (Phi) is 7.38. The number of benzene rings is 1. The van der Waals surface area contributed by atoms with E-state index in [-0.39, 0.29) is 0 Å². The van der Waals surface area contributed by atoms with E-state index in [2.05, 4.69) is 37.3 Å². The highest BCUT2D eigenvalue weighted by Gasteiger charge is 2.38. The first-order valence-corrected chi connectivity index (χ1v) is 12.6. The van der Waals surface area contributed by atoms with Gasteiger partial charge in [-0.2, -0.15) is 0 Å². The minimum absolute atomic E-state index is 0.682. The van der Waals surface area contributed by atoms with E-state index in [1.54, 1.807) is 17.5 Å². The molecule has 0 aromatic heterocycles. The third-order valence-electron chi connectivity index (χ3n) is 8.42. The van der Waals surface area contributed by atoms with Crippen LogP contribution >= 0.6 is 0 Å². The Balaban J connectivity index is 1.30. The van der Waals surface area contributed by atoms with Crippen molar-refractivity contribution in [2.75, 3.05) is 6.61 Å². The minimum atomic E-state index is 0.682. The van der Waals surface area contributed by atoms with Crippen LogP contribution in [0.3, 0.4) is 0 Å². The molecule has 0 radical (unpaired) electrons. The summed E-state index contributed by atoms with van der Waals surface area (Å²) in [4.78, 5) is 0. The van der Waals surface area contributed by atoms with Gasteiger partial charge >= 0.3 is 0 Å². The number of aryl methyl sites for hydroxylation is 1. The highest BCUT2D eigenvalue weighted by atomic mass is 16.5. The molecule has 0 saturated heterocycles. The lowest BCUT2D eigenvalue weighted by atomic mass is 9.61. The molecule has 0 aliphatic heterocycles. The van der Waals surface area contributed by atoms with Crippen molar-refractivity contribution in [1.82, 2.24) is 0 Å². The predicted molar refractivity (Wildman–Crippen MR) is 123 cm³/mol. The van der Waals surface area contributed by atoms with E-state index in [1.807, 2.05) is 6.92 Å². The van der Waals surface area contributed by atoms with Crippen molar-refractivity contribution in [2.45, 2.75) is 90.9 Å². The molecule has 4 rings (SSSR count). The maximum absolute atomic E-state index is 5.86. The summed E-state index contributed by atoms with van der Waals surface area (Å²) >= 11 is 0. The highest BCUT2D eigenvalue weighted by molar-refractivity contribution is 5.37. The highest BCUT2D eigenvalue weighted by Crippen LogP contribution is 2.49. The van der Waals surface area contributed by atoms with Gasteiger partial charge in [0.2, 0.25) is 0 Å². The summed E-state index contributed by atoms with van der Waals surface area (Å²) in [5, 5.41) is 0. The molecular weight excluding hydrogens is 352 g/mol. The molecule has 2 fully saturated rings. The fraction of sp³-hybridized carbons (Fsp3) is 0.714. The Morgan fingerprint density at radius 3 is 2.55 bits per heavy atom. The second-order valence-electron chi connectivity index (χ2n) is 10.2. The molecule has 3 aliphatic carbocycles. The summed E-state index contributed by atoms with van der Waals surface area (Å²) in [6, 6.07) is 6.86. The first-order chi connectivity index (χ1) is 14.3. The van der Waals surface area contributed by atoms with Gasteiger partial charge in [0.05, 0.1) is 0 Å². The molecule has 160 valence electrons. The molecule has 3 aliphatic rings. The van der Waals surface area contributed by atoms with Gasteiger partial charge in [-0.3, -0.25) is 0 Å². The molecule has 0 heterocycles. The fourth-order valence-corrected chi connectivity index (χ4v) is 6.70. The maximum Gasteiger partial charge on any atom is 0.120 e. The third kappa shape index (κ3) is 5.28. The van der Waals surface area contributed by atoms with Gasteiger partial charge < -0.3 is 4.74 Å². The lowest BCUT2D eigenvalue weighted by Gasteiger charge is -2.45. The number of rotatable bonds is 7. The normalized spacial score (nSPS) is 32.0. The lowest BCUT2D eigenvalue weighted by molar-refractivity contribution is 0.0691. The van der Waals surface area contributed by atoms with Crippen molar-refractivity contribution in [2.24, 2.45) is 29.6 Å². The molecule has 5 atom stereocenters. The Hall–Kier alpha value is -1.24. The minimum Gasteiger partial charge on any atom is -0.490 e. The average molecular weight is 395 g/mol. The molecule has 1 aromatic carbocycles. The maximum atomic E-state index is 5.86. The summed E-state index contributed by atoms with van der Waals surface area (Å²) < 4.78 is 5.86. The van der Waals surface area contributed by atoms with Gasteiger partial charge in [0.1, 0.15) is 12.4 Å². The Morgan fingerprint density at radius 1 is 0.931 bits per heavy atom. The largest absolute Gasteiger partial charge is 0.490 e. The van der Waals surface area contributed by atoms with Crippen molar-refractivity contribution >= 4 is 0 Å². The van der Waals surface area contributed by atoms with Gasteiger partial charge in [0.15, 0.2) is 0 Å². The molecule has 2 saturated carbocycles. The van der Waals surface area contributed by atoms with Crippen LogP contribution in [0.2, 0.25) is 0 Å². The van der Waals surface area contributed by atoms with Crippen LogP contribution in [-0.4, -0.2) is 6.61 Å². The second-order valence-corrected chi connectivity index (χ2v) is 10.2. The lowest BCUT2D eigenvalue weighted by Crippen LogP contribution is -2.35. The number of hydrogen-bond acceptors (Lipinski definition) is 1. The number of fused-ring (bicyclic) bond motifs is 2. The van der Waals surface area contributed by atoms with Gasteiger partial charge in [-0.1, -0.05) is 50.8 Å². The van der Waals surface area contributed by atoms with Crippen LogP contribution in [0.5, 0.6) is 5.75 Å². The Bertz CT molecular complexity index is 675. The number of ether oxygens (including phenoxy) is 1. The first-order valence-electron chi connectivity index (χ1n) is 12.6. The van der Waals surface area contributed by atoms with Gasteiger partial charge in [0, 0.05) is 0 Å². The zero-order valence-electron chi connectivity index (χ0n) is 18.9. The summed E-state index contributed by atoms with van der Waals surface area (Å²) in [5.41, 5.74) is 3.15. The van der Waals surface area contributed by atoms with Crippen molar-refractivity contribution in [3.63, 3.8) is 0 Å². The average Bonchev–Trinajstić information content (AvgIpc) is 2.77.